The summed E-state index contributed by atoms with van der Waals surface area (Å²) in [5.41, 5.74) is -1.02. The fourth-order valence-corrected chi connectivity index (χ4v) is 3.03. The number of aliphatic hydroxyl groups excluding tert-OH is 1. The van der Waals surface area contributed by atoms with Crippen LogP contribution in [0.1, 0.15) is 12.5 Å². The molecule has 0 saturated carbocycles. The fourth-order valence-electron chi connectivity index (χ4n) is 1.54. The van der Waals surface area contributed by atoms with Crippen LogP contribution in [0, 0.1) is 0 Å². The predicted octanol–water partition coefficient (Wildman–Crippen LogP) is 1.71. The van der Waals surface area contributed by atoms with E-state index in [9.17, 15) is 21.6 Å². The van der Waals surface area contributed by atoms with E-state index in [-0.39, 0.29) is 13.1 Å². The molecule has 1 aromatic rings. The molecule has 1 aromatic carbocycles. The molecule has 0 aliphatic carbocycles. The van der Waals surface area contributed by atoms with Crippen LogP contribution in [0.5, 0.6) is 0 Å². The third-order valence-corrected chi connectivity index (χ3v) is 4.47. The summed E-state index contributed by atoms with van der Waals surface area (Å²) in [5.74, 6) is 0. The third kappa shape index (κ3) is 3.68. The monoisotopic (exact) mass is 297 g/mol. The number of benzene rings is 1. The molecular formula is C11H14F3NO3S. The molecule has 1 rings (SSSR count). The largest absolute Gasteiger partial charge is 0.416 e. The van der Waals surface area contributed by atoms with Gasteiger partial charge in [-0.05, 0) is 18.2 Å². The van der Waals surface area contributed by atoms with Crippen molar-refractivity contribution in [2.75, 3.05) is 19.7 Å². The zero-order chi connectivity index (χ0) is 14.7. The summed E-state index contributed by atoms with van der Waals surface area (Å²) in [6.45, 7) is 1.06. The number of sulfonamides is 1. The average molecular weight is 297 g/mol. The van der Waals surface area contributed by atoms with Crippen LogP contribution in [0.4, 0.5) is 13.2 Å². The van der Waals surface area contributed by atoms with E-state index in [0.717, 1.165) is 22.5 Å². The van der Waals surface area contributed by atoms with Gasteiger partial charge < -0.3 is 5.11 Å². The van der Waals surface area contributed by atoms with Crippen LogP contribution in [0.25, 0.3) is 0 Å². The van der Waals surface area contributed by atoms with Crippen LogP contribution in [-0.4, -0.2) is 37.5 Å². The molecule has 8 heteroatoms. The van der Waals surface area contributed by atoms with Gasteiger partial charge >= 0.3 is 6.18 Å². The quantitative estimate of drug-likeness (QED) is 0.900. The minimum Gasteiger partial charge on any atom is -0.395 e. The Kier molecular flexibility index (Phi) is 4.94. The minimum absolute atomic E-state index is 0.0686. The molecule has 0 aromatic heterocycles. The molecule has 0 saturated heterocycles. The first-order chi connectivity index (χ1) is 8.73. The summed E-state index contributed by atoms with van der Waals surface area (Å²) in [6.07, 6.45) is -4.60. The van der Waals surface area contributed by atoms with E-state index >= 15 is 0 Å². The second-order valence-electron chi connectivity index (χ2n) is 3.75. The van der Waals surface area contributed by atoms with Gasteiger partial charge in [-0.2, -0.15) is 17.5 Å². The molecule has 0 radical (unpaired) electrons. The molecule has 0 aliphatic heterocycles. The molecule has 0 aliphatic rings. The van der Waals surface area contributed by atoms with Crippen LogP contribution in [0.15, 0.2) is 29.2 Å². The lowest BCUT2D eigenvalue weighted by molar-refractivity contribution is -0.137. The summed E-state index contributed by atoms with van der Waals surface area (Å²) in [4.78, 5) is -0.433. The molecule has 1 N–H and O–H groups in total. The van der Waals surface area contributed by atoms with Crippen molar-refractivity contribution in [2.45, 2.75) is 18.0 Å². The van der Waals surface area contributed by atoms with Gasteiger partial charge in [0.25, 0.3) is 0 Å². The van der Waals surface area contributed by atoms with Gasteiger partial charge in [0.1, 0.15) is 0 Å². The topological polar surface area (TPSA) is 57.6 Å². The molecule has 0 amide bonds. The van der Waals surface area contributed by atoms with Crippen molar-refractivity contribution in [2.24, 2.45) is 0 Å². The lowest BCUT2D eigenvalue weighted by Gasteiger charge is -2.20. The van der Waals surface area contributed by atoms with Gasteiger partial charge in [-0.15, -0.1) is 0 Å². The van der Waals surface area contributed by atoms with Crippen molar-refractivity contribution >= 4 is 10.0 Å². The molecule has 0 unspecified atom stereocenters. The lowest BCUT2D eigenvalue weighted by Crippen LogP contribution is -2.33. The van der Waals surface area contributed by atoms with E-state index in [1.165, 1.54) is 0 Å². The first-order valence-electron chi connectivity index (χ1n) is 5.51. The summed E-state index contributed by atoms with van der Waals surface area (Å²) in [6, 6.07) is 3.55. The molecule has 0 spiro atoms. The molecule has 108 valence electrons. The number of alkyl halides is 3. The van der Waals surface area contributed by atoms with E-state index in [1.54, 1.807) is 6.92 Å². The van der Waals surface area contributed by atoms with Crippen LogP contribution < -0.4 is 0 Å². The molecule has 0 heterocycles. The van der Waals surface area contributed by atoms with E-state index < -0.39 is 33.3 Å². The van der Waals surface area contributed by atoms with Gasteiger partial charge in [-0.3, -0.25) is 0 Å². The second kappa shape index (κ2) is 5.89. The van der Waals surface area contributed by atoms with Crippen molar-refractivity contribution in [1.82, 2.24) is 4.31 Å². The number of rotatable bonds is 5. The number of hydrogen-bond acceptors (Lipinski definition) is 3. The first-order valence-corrected chi connectivity index (χ1v) is 6.95. The Morgan fingerprint density at radius 2 is 1.95 bits per heavy atom. The van der Waals surface area contributed by atoms with Gasteiger partial charge in [0.2, 0.25) is 10.0 Å². The first kappa shape index (κ1) is 15.9. The fraction of sp³-hybridized carbons (Fsp3) is 0.455. The maximum atomic E-state index is 12.5. The van der Waals surface area contributed by atoms with Gasteiger partial charge in [0, 0.05) is 13.1 Å². The summed E-state index contributed by atoms with van der Waals surface area (Å²) in [5, 5.41) is 8.78. The Morgan fingerprint density at radius 1 is 1.32 bits per heavy atom. The van der Waals surface area contributed by atoms with Gasteiger partial charge in [0.15, 0.2) is 0 Å². The molecule has 19 heavy (non-hydrogen) atoms. The number of aliphatic hydroxyl groups is 1. The lowest BCUT2D eigenvalue weighted by atomic mass is 10.2. The molecule has 0 fully saturated rings. The van der Waals surface area contributed by atoms with E-state index in [0.29, 0.717) is 6.07 Å². The standard InChI is InChI=1S/C11H14F3NO3S/c1-2-15(6-7-16)19(17,18)10-5-3-4-9(8-10)11(12,13)14/h3-5,8,16H,2,6-7H2,1H3. The Morgan fingerprint density at radius 3 is 2.42 bits per heavy atom. The molecular weight excluding hydrogens is 283 g/mol. The Bertz CT molecular complexity index is 528. The Balaban J connectivity index is 3.22. The third-order valence-electron chi connectivity index (χ3n) is 2.50. The van der Waals surface area contributed by atoms with E-state index in [4.69, 9.17) is 5.11 Å². The van der Waals surface area contributed by atoms with Gasteiger partial charge in [0.05, 0.1) is 17.1 Å². The number of likely N-dealkylation sites (N-methyl/N-ethyl adjacent to an activating group) is 1. The van der Waals surface area contributed by atoms with Crippen molar-refractivity contribution in [3.8, 4) is 0 Å². The maximum Gasteiger partial charge on any atom is 0.416 e. The van der Waals surface area contributed by atoms with E-state index in [1.807, 2.05) is 0 Å². The smallest absolute Gasteiger partial charge is 0.395 e. The highest BCUT2D eigenvalue weighted by Gasteiger charge is 2.32. The van der Waals surface area contributed by atoms with Crippen molar-refractivity contribution in [3.63, 3.8) is 0 Å². The normalized spacial score (nSPS) is 12.9. The predicted molar refractivity (Wildman–Crippen MR) is 63.0 cm³/mol. The Labute approximate surface area is 109 Å². The van der Waals surface area contributed by atoms with Gasteiger partial charge in [-0.1, -0.05) is 13.0 Å². The average Bonchev–Trinajstić information content (AvgIpc) is 2.34. The van der Waals surface area contributed by atoms with Crippen molar-refractivity contribution < 1.29 is 26.7 Å². The second-order valence-corrected chi connectivity index (χ2v) is 5.68. The summed E-state index contributed by atoms with van der Waals surface area (Å²) < 4.78 is 62.7. The highest BCUT2D eigenvalue weighted by Crippen LogP contribution is 2.31. The van der Waals surface area contributed by atoms with Crippen LogP contribution in [0.2, 0.25) is 0 Å². The zero-order valence-corrected chi connectivity index (χ0v) is 11.0. The van der Waals surface area contributed by atoms with Crippen molar-refractivity contribution in [3.05, 3.63) is 29.8 Å². The van der Waals surface area contributed by atoms with E-state index in [2.05, 4.69) is 0 Å². The molecule has 0 bridgehead atoms. The van der Waals surface area contributed by atoms with Crippen LogP contribution >= 0.6 is 0 Å². The molecule has 0 atom stereocenters. The Hall–Kier alpha value is -1.12. The van der Waals surface area contributed by atoms with Crippen LogP contribution in [-0.2, 0) is 16.2 Å². The minimum atomic E-state index is -4.60. The van der Waals surface area contributed by atoms with Gasteiger partial charge in [-0.25, -0.2) is 8.42 Å². The highest BCUT2D eigenvalue weighted by molar-refractivity contribution is 7.89. The highest BCUT2D eigenvalue weighted by atomic mass is 32.2. The number of hydrogen-bond donors (Lipinski definition) is 1. The number of halogens is 3. The molecule has 4 nitrogen and oxygen atoms in total. The summed E-state index contributed by atoms with van der Waals surface area (Å²) >= 11 is 0. The van der Waals surface area contributed by atoms with Crippen LogP contribution in [0.3, 0.4) is 0 Å². The number of nitrogens with zero attached hydrogens (tertiary/aromatic N) is 1. The summed E-state index contributed by atoms with van der Waals surface area (Å²) in [7, 11) is -4.02. The maximum absolute atomic E-state index is 12.5. The SMILES string of the molecule is CCN(CCO)S(=O)(=O)c1cccc(C(F)(F)F)c1. The van der Waals surface area contributed by atoms with Crippen molar-refractivity contribution in [1.29, 1.82) is 0 Å². The zero-order valence-electron chi connectivity index (χ0n) is 10.2.